The Morgan fingerprint density at radius 1 is 1.21 bits per heavy atom. The molecule has 6 heteroatoms. The number of carbonyl (C=O) groups is 1. The predicted octanol–water partition coefficient (Wildman–Crippen LogP) is 2.58. The molecule has 0 fully saturated rings. The Labute approximate surface area is 115 Å². The lowest BCUT2D eigenvalue weighted by Crippen LogP contribution is -2.16. The van der Waals surface area contributed by atoms with Gasteiger partial charge in [0.25, 0.3) is 5.91 Å². The highest BCUT2D eigenvalue weighted by atomic mass is 35.5. The van der Waals surface area contributed by atoms with Crippen LogP contribution >= 0.6 is 11.6 Å². The summed E-state index contributed by atoms with van der Waals surface area (Å²) in [5.41, 5.74) is 7.96. The Balaban J connectivity index is 2.28. The molecule has 0 aliphatic rings. The summed E-state index contributed by atoms with van der Waals surface area (Å²) in [4.78, 5) is 20.3. The summed E-state index contributed by atoms with van der Waals surface area (Å²) in [5.74, 6) is -0.133. The number of nitrogens with one attached hydrogen (secondary N) is 1. The molecule has 0 aliphatic heterocycles. The molecule has 2 rings (SSSR count). The van der Waals surface area contributed by atoms with Crippen molar-refractivity contribution in [1.29, 1.82) is 0 Å². The van der Waals surface area contributed by atoms with Gasteiger partial charge in [-0.05, 0) is 38.1 Å². The molecule has 0 unspecified atom stereocenters. The van der Waals surface area contributed by atoms with Crippen LogP contribution in [-0.2, 0) is 0 Å². The molecule has 0 aliphatic carbocycles. The van der Waals surface area contributed by atoms with Crippen LogP contribution in [0.2, 0.25) is 5.02 Å². The van der Waals surface area contributed by atoms with Gasteiger partial charge in [0, 0.05) is 22.1 Å². The number of amides is 1. The van der Waals surface area contributed by atoms with Gasteiger partial charge in [-0.2, -0.15) is 0 Å². The van der Waals surface area contributed by atoms with Gasteiger partial charge in [-0.3, -0.25) is 10.1 Å². The van der Waals surface area contributed by atoms with E-state index in [2.05, 4.69) is 15.3 Å². The van der Waals surface area contributed by atoms with Crippen molar-refractivity contribution in [2.75, 3.05) is 11.1 Å². The van der Waals surface area contributed by atoms with E-state index in [0.29, 0.717) is 16.3 Å². The second-order valence-corrected chi connectivity index (χ2v) is 4.60. The molecule has 2 aromatic rings. The fourth-order valence-corrected chi connectivity index (χ4v) is 1.85. The summed E-state index contributed by atoms with van der Waals surface area (Å²) in [6, 6.07) is 6.54. The molecule has 0 saturated carbocycles. The number of anilines is 2. The van der Waals surface area contributed by atoms with Crippen molar-refractivity contribution in [2.24, 2.45) is 0 Å². The largest absolute Gasteiger partial charge is 0.398 e. The summed E-state index contributed by atoms with van der Waals surface area (Å²) in [7, 11) is 0. The van der Waals surface area contributed by atoms with E-state index in [9.17, 15) is 4.79 Å². The van der Waals surface area contributed by atoms with Crippen molar-refractivity contribution in [3.05, 3.63) is 46.2 Å². The Morgan fingerprint density at radius 3 is 2.47 bits per heavy atom. The van der Waals surface area contributed by atoms with Crippen LogP contribution in [-0.4, -0.2) is 15.9 Å². The summed E-state index contributed by atoms with van der Waals surface area (Å²) in [6.07, 6.45) is 0. The molecule has 5 nitrogen and oxygen atoms in total. The molecule has 1 aromatic carbocycles. The zero-order valence-corrected chi connectivity index (χ0v) is 11.3. The number of aryl methyl sites for hydroxylation is 2. The van der Waals surface area contributed by atoms with Gasteiger partial charge < -0.3 is 5.73 Å². The maximum atomic E-state index is 12.1. The number of nitrogens with zero attached hydrogens (tertiary/aromatic N) is 2. The zero-order valence-electron chi connectivity index (χ0n) is 10.6. The Kier molecular flexibility index (Phi) is 3.66. The van der Waals surface area contributed by atoms with E-state index < -0.39 is 0 Å². The highest BCUT2D eigenvalue weighted by Crippen LogP contribution is 2.18. The van der Waals surface area contributed by atoms with E-state index >= 15 is 0 Å². The number of benzene rings is 1. The third-order valence-electron chi connectivity index (χ3n) is 2.47. The first-order chi connectivity index (χ1) is 8.95. The molecule has 98 valence electrons. The van der Waals surface area contributed by atoms with E-state index in [1.807, 2.05) is 19.9 Å². The topological polar surface area (TPSA) is 80.9 Å². The maximum Gasteiger partial charge on any atom is 0.260 e. The fraction of sp³-hybridized carbons (Fsp3) is 0.154. The second kappa shape index (κ2) is 5.24. The minimum Gasteiger partial charge on any atom is -0.398 e. The second-order valence-electron chi connectivity index (χ2n) is 4.16. The predicted molar refractivity (Wildman–Crippen MR) is 75.3 cm³/mol. The minimum atomic E-state index is -0.384. The van der Waals surface area contributed by atoms with Crippen molar-refractivity contribution < 1.29 is 4.79 Å². The number of rotatable bonds is 2. The lowest BCUT2D eigenvalue weighted by Gasteiger charge is -2.07. The average Bonchev–Trinajstić information content (AvgIpc) is 2.30. The van der Waals surface area contributed by atoms with Crippen LogP contribution in [0.1, 0.15) is 21.7 Å². The van der Waals surface area contributed by atoms with Crippen molar-refractivity contribution in [3.63, 3.8) is 0 Å². The van der Waals surface area contributed by atoms with E-state index in [0.717, 1.165) is 11.4 Å². The monoisotopic (exact) mass is 276 g/mol. The molecular weight excluding hydrogens is 264 g/mol. The first-order valence-electron chi connectivity index (χ1n) is 5.64. The van der Waals surface area contributed by atoms with Gasteiger partial charge in [-0.15, -0.1) is 0 Å². The number of nitrogens with two attached hydrogens (primary N) is 1. The van der Waals surface area contributed by atoms with Crippen LogP contribution in [0.5, 0.6) is 0 Å². The van der Waals surface area contributed by atoms with Crippen molar-refractivity contribution in [1.82, 2.24) is 9.97 Å². The van der Waals surface area contributed by atoms with Gasteiger partial charge >= 0.3 is 0 Å². The van der Waals surface area contributed by atoms with Gasteiger partial charge in [0.05, 0.1) is 5.56 Å². The molecule has 19 heavy (non-hydrogen) atoms. The standard InChI is InChI=1S/C13H13ClN4O/c1-7-5-8(2)17-13(16-7)18-12(19)10-6-9(14)3-4-11(10)15/h3-6H,15H2,1-2H3,(H,16,17,18,19). The maximum absolute atomic E-state index is 12.1. The first kappa shape index (κ1) is 13.3. The zero-order chi connectivity index (χ0) is 14.0. The fourth-order valence-electron chi connectivity index (χ4n) is 1.68. The van der Waals surface area contributed by atoms with Gasteiger partial charge in [0.1, 0.15) is 0 Å². The van der Waals surface area contributed by atoms with Gasteiger partial charge in [-0.25, -0.2) is 9.97 Å². The van der Waals surface area contributed by atoms with Crippen LogP contribution in [0.4, 0.5) is 11.6 Å². The van der Waals surface area contributed by atoms with Crippen molar-refractivity contribution in [2.45, 2.75) is 13.8 Å². The van der Waals surface area contributed by atoms with Crippen molar-refractivity contribution in [3.8, 4) is 0 Å². The van der Waals surface area contributed by atoms with E-state index in [-0.39, 0.29) is 11.9 Å². The van der Waals surface area contributed by atoms with Gasteiger partial charge in [0.2, 0.25) is 5.95 Å². The van der Waals surface area contributed by atoms with Crippen LogP contribution in [0.25, 0.3) is 0 Å². The van der Waals surface area contributed by atoms with Crippen LogP contribution in [0.3, 0.4) is 0 Å². The highest BCUT2D eigenvalue weighted by molar-refractivity contribution is 6.31. The third kappa shape index (κ3) is 3.20. The molecule has 1 aromatic heterocycles. The lowest BCUT2D eigenvalue weighted by atomic mass is 10.1. The lowest BCUT2D eigenvalue weighted by molar-refractivity contribution is 0.102. The molecule has 1 amide bonds. The van der Waals surface area contributed by atoms with Crippen LogP contribution in [0, 0.1) is 13.8 Å². The summed E-state index contributed by atoms with van der Waals surface area (Å²) in [6.45, 7) is 3.66. The molecule has 3 N–H and O–H groups in total. The number of nitrogen functional groups attached to an aromatic ring is 1. The highest BCUT2D eigenvalue weighted by Gasteiger charge is 2.12. The van der Waals surface area contributed by atoms with Crippen LogP contribution in [0.15, 0.2) is 24.3 Å². The van der Waals surface area contributed by atoms with Gasteiger partial charge in [0.15, 0.2) is 0 Å². The summed E-state index contributed by atoms with van der Waals surface area (Å²) >= 11 is 5.85. The van der Waals surface area contributed by atoms with Gasteiger partial charge in [-0.1, -0.05) is 11.6 Å². The average molecular weight is 277 g/mol. The third-order valence-corrected chi connectivity index (χ3v) is 2.70. The Hall–Kier alpha value is -2.14. The van der Waals surface area contributed by atoms with Crippen LogP contribution < -0.4 is 11.1 Å². The number of carbonyl (C=O) groups excluding carboxylic acids is 1. The number of aromatic nitrogens is 2. The SMILES string of the molecule is Cc1cc(C)nc(NC(=O)c2cc(Cl)ccc2N)n1. The summed E-state index contributed by atoms with van der Waals surface area (Å²) in [5, 5.41) is 3.05. The smallest absolute Gasteiger partial charge is 0.260 e. The molecule has 0 saturated heterocycles. The molecule has 0 atom stereocenters. The normalized spacial score (nSPS) is 10.3. The minimum absolute atomic E-state index is 0.252. The Morgan fingerprint density at radius 2 is 1.84 bits per heavy atom. The molecule has 0 spiro atoms. The number of hydrogen-bond donors (Lipinski definition) is 2. The molecule has 0 radical (unpaired) electrons. The van der Waals surface area contributed by atoms with E-state index in [1.54, 1.807) is 12.1 Å². The first-order valence-corrected chi connectivity index (χ1v) is 6.02. The number of halogens is 1. The van der Waals surface area contributed by atoms with E-state index in [4.69, 9.17) is 17.3 Å². The Bertz CT molecular complexity index is 622. The van der Waals surface area contributed by atoms with E-state index in [1.165, 1.54) is 6.07 Å². The quantitative estimate of drug-likeness (QED) is 0.826. The number of hydrogen-bond acceptors (Lipinski definition) is 4. The molecule has 1 heterocycles. The molecular formula is C13H13ClN4O. The summed E-state index contributed by atoms with van der Waals surface area (Å²) < 4.78 is 0. The van der Waals surface area contributed by atoms with Crippen molar-refractivity contribution >= 4 is 29.1 Å². The molecule has 0 bridgehead atoms.